The van der Waals surface area contributed by atoms with Crippen molar-refractivity contribution in [1.29, 1.82) is 5.41 Å². The standard InChI is InChI=1S/C6H14N4.ClH/c7-4-5-2-1-3-10(5)6(8)9;/h5H,1-4,7H2,(H3,8,9);1H. The van der Waals surface area contributed by atoms with E-state index in [1.165, 1.54) is 0 Å². The Morgan fingerprint density at radius 1 is 1.64 bits per heavy atom. The number of hydrogen-bond donors (Lipinski definition) is 3. The largest absolute Gasteiger partial charge is 0.370 e. The molecule has 1 atom stereocenters. The number of guanidine groups is 1. The van der Waals surface area contributed by atoms with Gasteiger partial charge >= 0.3 is 0 Å². The van der Waals surface area contributed by atoms with Crippen LogP contribution in [0.1, 0.15) is 12.8 Å². The molecule has 1 aliphatic heterocycles. The highest BCUT2D eigenvalue weighted by atomic mass is 35.5. The first kappa shape index (κ1) is 10.5. The molecule has 1 unspecified atom stereocenters. The SMILES string of the molecule is Cl.N=C(N)N1CCCC1CN. The molecule has 1 aliphatic rings. The lowest BCUT2D eigenvalue weighted by atomic mass is 10.2. The average Bonchev–Trinajstić information content (AvgIpc) is 2.33. The lowest BCUT2D eigenvalue weighted by molar-refractivity contribution is 0.389. The minimum atomic E-state index is 0. The second-order valence-electron chi connectivity index (χ2n) is 2.61. The van der Waals surface area contributed by atoms with Gasteiger partial charge in [-0.05, 0) is 12.8 Å². The summed E-state index contributed by atoms with van der Waals surface area (Å²) in [4.78, 5) is 1.86. The van der Waals surface area contributed by atoms with Crippen LogP contribution in [0.3, 0.4) is 0 Å². The molecule has 0 saturated carbocycles. The molecule has 0 aromatic heterocycles. The topological polar surface area (TPSA) is 79.1 Å². The summed E-state index contributed by atoms with van der Waals surface area (Å²) in [5, 5.41) is 7.17. The van der Waals surface area contributed by atoms with Crippen molar-refractivity contribution in [2.45, 2.75) is 18.9 Å². The van der Waals surface area contributed by atoms with Gasteiger partial charge in [-0.3, -0.25) is 5.41 Å². The lowest BCUT2D eigenvalue weighted by Crippen LogP contribution is -2.43. The van der Waals surface area contributed by atoms with E-state index >= 15 is 0 Å². The zero-order valence-corrected chi connectivity index (χ0v) is 7.23. The summed E-state index contributed by atoms with van der Waals surface area (Å²) in [5.41, 5.74) is 10.8. The summed E-state index contributed by atoms with van der Waals surface area (Å²) in [6.45, 7) is 1.51. The third-order valence-electron chi connectivity index (χ3n) is 1.96. The Balaban J connectivity index is 0.000001000. The number of nitrogens with one attached hydrogen (secondary N) is 1. The molecule has 0 aromatic carbocycles. The Kier molecular flexibility index (Phi) is 4.22. The van der Waals surface area contributed by atoms with Gasteiger partial charge in [-0.15, -0.1) is 12.4 Å². The Bertz CT molecular complexity index is 139. The molecular weight excluding hydrogens is 164 g/mol. The molecule has 1 rings (SSSR count). The van der Waals surface area contributed by atoms with Crippen LogP contribution >= 0.6 is 12.4 Å². The number of nitrogens with two attached hydrogens (primary N) is 2. The number of halogens is 1. The first-order chi connectivity index (χ1) is 4.75. The summed E-state index contributed by atoms with van der Waals surface area (Å²) in [6, 6.07) is 0.317. The fraction of sp³-hybridized carbons (Fsp3) is 0.833. The summed E-state index contributed by atoms with van der Waals surface area (Å²) in [5.74, 6) is 0.160. The minimum absolute atomic E-state index is 0. The molecule has 0 bridgehead atoms. The first-order valence-electron chi connectivity index (χ1n) is 3.56. The van der Waals surface area contributed by atoms with Gasteiger partial charge in [0.2, 0.25) is 0 Å². The van der Waals surface area contributed by atoms with Crippen LogP contribution < -0.4 is 11.5 Å². The molecule has 1 heterocycles. The van der Waals surface area contributed by atoms with Crippen molar-refractivity contribution < 1.29 is 0 Å². The van der Waals surface area contributed by atoms with E-state index in [0.29, 0.717) is 12.6 Å². The summed E-state index contributed by atoms with van der Waals surface area (Å²) >= 11 is 0. The van der Waals surface area contributed by atoms with Crippen LogP contribution in [0.2, 0.25) is 0 Å². The second-order valence-corrected chi connectivity index (χ2v) is 2.61. The molecule has 0 amide bonds. The van der Waals surface area contributed by atoms with Crippen molar-refractivity contribution in [3.63, 3.8) is 0 Å². The van der Waals surface area contributed by atoms with Crippen molar-refractivity contribution in [3.8, 4) is 0 Å². The Morgan fingerprint density at radius 2 is 2.27 bits per heavy atom. The quantitative estimate of drug-likeness (QED) is 0.382. The molecule has 11 heavy (non-hydrogen) atoms. The number of likely N-dealkylation sites (tertiary alicyclic amines) is 1. The van der Waals surface area contributed by atoms with Gasteiger partial charge in [-0.25, -0.2) is 0 Å². The lowest BCUT2D eigenvalue weighted by Gasteiger charge is -2.22. The average molecular weight is 179 g/mol. The molecule has 5 N–H and O–H groups in total. The van der Waals surface area contributed by atoms with Crippen LogP contribution in [0.25, 0.3) is 0 Å². The number of hydrogen-bond acceptors (Lipinski definition) is 2. The predicted molar refractivity (Wildman–Crippen MR) is 47.9 cm³/mol. The number of nitrogens with zero attached hydrogens (tertiary/aromatic N) is 1. The molecule has 4 nitrogen and oxygen atoms in total. The van der Waals surface area contributed by atoms with Gasteiger partial charge in [0.1, 0.15) is 0 Å². The van der Waals surface area contributed by atoms with E-state index in [2.05, 4.69) is 0 Å². The van der Waals surface area contributed by atoms with Gasteiger partial charge < -0.3 is 16.4 Å². The highest BCUT2D eigenvalue weighted by molar-refractivity contribution is 5.85. The molecule has 0 aromatic rings. The van der Waals surface area contributed by atoms with Gasteiger partial charge in [-0.2, -0.15) is 0 Å². The highest BCUT2D eigenvalue weighted by Crippen LogP contribution is 2.14. The maximum absolute atomic E-state index is 7.17. The van der Waals surface area contributed by atoms with E-state index in [9.17, 15) is 0 Å². The zero-order chi connectivity index (χ0) is 7.56. The van der Waals surface area contributed by atoms with Crippen molar-refractivity contribution in [2.24, 2.45) is 11.5 Å². The van der Waals surface area contributed by atoms with Gasteiger partial charge in [0, 0.05) is 19.1 Å². The molecule has 0 aliphatic carbocycles. The first-order valence-corrected chi connectivity index (χ1v) is 3.56. The minimum Gasteiger partial charge on any atom is -0.370 e. The van der Waals surface area contributed by atoms with Gasteiger partial charge in [0.05, 0.1) is 0 Å². The normalized spacial score (nSPS) is 23.0. The fourth-order valence-electron chi connectivity index (χ4n) is 1.40. The van der Waals surface area contributed by atoms with E-state index in [4.69, 9.17) is 16.9 Å². The van der Waals surface area contributed by atoms with Crippen molar-refractivity contribution in [3.05, 3.63) is 0 Å². The van der Waals surface area contributed by atoms with E-state index in [1.54, 1.807) is 0 Å². The summed E-state index contributed by atoms with van der Waals surface area (Å²) in [6.07, 6.45) is 2.19. The van der Waals surface area contributed by atoms with Crippen LogP contribution in [0.4, 0.5) is 0 Å². The molecule has 1 fully saturated rings. The van der Waals surface area contributed by atoms with Crippen LogP contribution in [-0.2, 0) is 0 Å². The van der Waals surface area contributed by atoms with E-state index in [1.807, 2.05) is 4.90 Å². The fourth-order valence-corrected chi connectivity index (χ4v) is 1.40. The van der Waals surface area contributed by atoms with Gasteiger partial charge in [-0.1, -0.05) is 0 Å². The maximum atomic E-state index is 7.17. The van der Waals surface area contributed by atoms with E-state index in [0.717, 1.165) is 19.4 Å². The third-order valence-corrected chi connectivity index (χ3v) is 1.96. The Morgan fingerprint density at radius 3 is 2.64 bits per heavy atom. The second kappa shape index (κ2) is 4.41. The van der Waals surface area contributed by atoms with Crippen molar-refractivity contribution in [2.75, 3.05) is 13.1 Å². The smallest absolute Gasteiger partial charge is 0.188 e. The van der Waals surface area contributed by atoms with Gasteiger partial charge in [0.25, 0.3) is 0 Å². The molecule has 0 radical (unpaired) electrons. The highest BCUT2D eigenvalue weighted by Gasteiger charge is 2.23. The van der Waals surface area contributed by atoms with E-state index in [-0.39, 0.29) is 18.4 Å². The van der Waals surface area contributed by atoms with Crippen LogP contribution in [-0.4, -0.2) is 30.0 Å². The molecule has 5 heteroatoms. The van der Waals surface area contributed by atoms with Crippen LogP contribution in [0, 0.1) is 5.41 Å². The summed E-state index contributed by atoms with van der Waals surface area (Å²) < 4.78 is 0. The molecule has 1 saturated heterocycles. The Labute approximate surface area is 72.8 Å². The van der Waals surface area contributed by atoms with Crippen LogP contribution in [0.5, 0.6) is 0 Å². The van der Waals surface area contributed by atoms with Crippen molar-refractivity contribution >= 4 is 18.4 Å². The van der Waals surface area contributed by atoms with E-state index < -0.39 is 0 Å². The molecular formula is C6H15ClN4. The zero-order valence-electron chi connectivity index (χ0n) is 6.42. The Hall–Kier alpha value is -0.480. The van der Waals surface area contributed by atoms with Gasteiger partial charge in [0.15, 0.2) is 5.96 Å². The third kappa shape index (κ3) is 2.24. The summed E-state index contributed by atoms with van der Waals surface area (Å²) in [7, 11) is 0. The number of rotatable bonds is 1. The van der Waals surface area contributed by atoms with Crippen molar-refractivity contribution in [1.82, 2.24) is 4.90 Å². The van der Waals surface area contributed by atoms with Crippen LogP contribution in [0.15, 0.2) is 0 Å². The monoisotopic (exact) mass is 178 g/mol. The maximum Gasteiger partial charge on any atom is 0.188 e. The predicted octanol–water partition coefficient (Wildman–Crippen LogP) is -0.275. The molecule has 0 spiro atoms. The molecule has 66 valence electrons.